The predicted octanol–water partition coefficient (Wildman–Crippen LogP) is 3.80. The number of halogens is 1. The number of hydrogen-bond donors (Lipinski definition) is 2. The summed E-state index contributed by atoms with van der Waals surface area (Å²) in [7, 11) is 0. The second-order valence-corrected chi connectivity index (χ2v) is 7.12. The Morgan fingerprint density at radius 1 is 1.07 bits per heavy atom. The number of nitrogens with one attached hydrogen (secondary N) is 2. The Balaban J connectivity index is 1.68. The minimum Gasteiger partial charge on any atom is -0.324 e. The van der Waals surface area contributed by atoms with Gasteiger partial charge < -0.3 is 10.6 Å². The summed E-state index contributed by atoms with van der Waals surface area (Å²) in [5, 5.41) is 13.6. The lowest BCUT2D eigenvalue weighted by atomic mass is 10.1. The Morgan fingerprint density at radius 3 is 2.50 bits per heavy atom. The molecule has 0 saturated heterocycles. The summed E-state index contributed by atoms with van der Waals surface area (Å²) in [5.41, 5.74) is 3.19. The lowest BCUT2D eigenvalue weighted by molar-refractivity contribution is -0.117. The molecule has 1 aromatic heterocycles. The molecule has 3 rings (SSSR count). The molecular weight excluding hydrogens is 422 g/mol. The van der Waals surface area contributed by atoms with Gasteiger partial charge in [-0.2, -0.15) is 0 Å². The van der Waals surface area contributed by atoms with Crippen LogP contribution in [0.2, 0.25) is 0 Å². The predicted molar refractivity (Wildman–Crippen MR) is 111 cm³/mol. The molecule has 2 N–H and O–H groups in total. The van der Waals surface area contributed by atoms with E-state index in [9.17, 15) is 9.59 Å². The molecule has 28 heavy (non-hydrogen) atoms. The number of aryl methyl sites for hydroxylation is 1. The van der Waals surface area contributed by atoms with Gasteiger partial charge in [-0.1, -0.05) is 46.3 Å². The van der Waals surface area contributed by atoms with Gasteiger partial charge in [0.05, 0.1) is 5.69 Å². The van der Waals surface area contributed by atoms with Gasteiger partial charge in [0.2, 0.25) is 5.91 Å². The van der Waals surface area contributed by atoms with Crippen molar-refractivity contribution in [2.45, 2.75) is 26.8 Å². The molecule has 0 radical (unpaired) electrons. The van der Waals surface area contributed by atoms with E-state index < -0.39 is 0 Å². The molecule has 0 spiro atoms. The zero-order chi connectivity index (χ0) is 20.1. The van der Waals surface area contributed by atoms with E-state index in [1.807, 2.05) is 43.3 Å². The number of carbonyl (C=O) groups is 2. The highest BCUT2D eigenvalue weighted by molar-refractivity contribution is 9.10. The Hall–Kier alpha value is -3.00. The number of anilines is 2. The topological polar surface area (TPSA) is 88.9 Å². The maximum absolute atomic E-state index is 12.6. The van der Waals surface area contributed by atoms with E-state index >= 15 is 0 Å². The lowest BCUT2D eigenvalue weighted by Gasteiger charge is -2.09. The molecule has 144 valence electrons. The SMILES string of the molecule is CCc1ccccc1NC(=O)c1nnn(CC(=O)Nc2ccc(Br)cc2)c1C. The number of aromatic nitrogens is 3. The summed E-state index contributed by atoms with van der Waals surface area (Å²) < 4.78 is 2.34. The quantitative estimate of drug-likeness (QED) is 0.608. The second kappa shape index (κ2) is 8.79. The van der Waals surface area contributed by atoms with E-state index in [0.29, 0.717) is 11.4 Å². The molecule has 2 aromatic carbocycles. The van der Waals surface area contributed by atoms with Gasteiger partial charge >= 0.3 is 0 Å². The third-order valence-corrected chi connectivity index (χ3v) is 4.79. The van der Waals surface area contributed by atoms with Crippen molar-refractivity contribution in [1.29, 1.82) is 0 Å². The number of nitrogens with zero attached hydrogens (tertiary/aromatic N) is 3. The fraction of sp³-hybridized carbons (Fsp3) is 0.200. The van der Waals surface area contributed by atoms with Gasteiger partial charge in [-0.3, -0.25) is 9.59 Å². The van der Waals surface area contributed by atoms with Crippen LogP contribution in [0.5, 0.6) is 0 Å². The molecule has 0 atom stereocenters. The first kappa shape index (κ1) is 19.8. The van der Waals surface area contributed by atoms with Gasteiger partial charge in [0.15, 0.2) is 5.69 Å². The van der Waals surface area contributed by atoms with Crippen molar-refractivity contribution < 1.29 is 9.59 Å². The number of benzene rings is 2. The Labute approximate surface area is 171 Å². The van der Waals surface area contributed by atoms with Crippen LogP contribution in [0.3, 0.4) is 0 Å². The third-order valence-electron chi connectivity index (χ3n) is 4.27. The smallest absolute Gasteiger partial charge is 0.278 e. The second-order valence-electron chi connectivity index (χ2n) is 6.20. The van der Waals surface area contributed by atoms with E-state index in [2.05, 4.69) is 36.9 Å². The fourth-order valence-electron chi connectivity index (χ4n) is 2.72. The highest BCUT2D eigenvalue weighted by atomic mass is 79.9. The van der Waals surface area contributed by atoms with Gasteiger partial charge in [-0.15, -0.1) is 5.10 Å². The number of rotatable bonds is 6. The number of hydrogen-bond acceptors (Lipinski definition) is 4. The van der Waals surface area contributed by atoms with E-state index in [1.165, 1.54) is 4.68 Å². The van der Waals surface area contributed by atoms with E-state index in [1.54, 1.807) is 19.1 Å². The largest absolute Gasteiger partial charge is 0.324 e. The van der Waals surface area contributed by atoms with Gasteiger partial charge in [0.1, 0.15) is 6.54 Å². The molecule has 7 nitrogen and oxygen atoms in total. The molecule has 0 unspecified atom stereocenters. The summed E-state index contributed by atoms with van der Waals surface area (Å²) in [6, 6.07) is 14.9. The number of carbonyl (C=O) groups excluding carboxylic acids is 2. The molecule has 0 aliphatic rings. The fourth-order valence-corrected chi connectivity index (χ4v) is 2.99. The summed E-state index contributed by atoms with van der Waals surface area (Å²) in [6.45, 7) is 3.71. The molecule has 0 aliphatic heterocycles. The van der Waals surface area contributed by atoms with Crippen molar-refractivity contribution in [3.8, 4) is 0 Å². The summed E-state index contributed by atoms with van der Waals surface area (Å²) in [4.78, 5) is 24.9. The molecule has 3 aromatic rings. The maximum Gasteiger partial charge on any atom is 0.278 e. The highest BCUT2D eigenvalue weighted by Crippen LogP contribution is 2.17. The minimum atomic E-state index is -0.349. The van der Waals surface area contributed by atoms with E-state index in [4.69, 9.17) is 0 Å². The monoisotopic (exact) mass is 441 g/mol. The number of amides is 2. The van der Waals surface area contributed by atoms with Crippen LogP contribution in [0.1, 0.15) is 28.7 Å². The molecular formula is C20H20BrN5O2. The first-order valence-corrected chi connectivity index (χ1v) is 9.62. The van der Waals surface area contributed by atoms with Gasteiger partial charge in [-0.25, -0.2) is 4.68 Å². The molecule has 2 amide bonds. The van der Waals surface area contributed by atoms with Crippen LogP contribution in [-0.2, 0) is 17.8 Å². The van der Waals surface area contributed by atoms with Crippen molar-refractivity contribution in [1.82, 2.24) is 15.0 Å². The summed E-state index contributed by atoms with van der Waals surface area (Å²) >= 11 is 3.35. The molecule has 1 heterocycles. The Bertz CT molecular complexity index is 998. The van der Waals surface area contributed by atoms with Crippen molar-refractivity contribution in [3.63, 3.8) is 0 Å². The van der Waals surface area contributed by atoms with E-state index in [0.717, 1.165) is 22.1 Å². The zero-order valence-electron chi connectivity index (χ0n) is 15.6. The van der Waals surface area contributed by atoms with Crippen LogP contribution in [0.25, 0.3) is 0 Å². The van der Waals surface area contributed by atoms with Crippen LogP contribution in [0.4, 0.5) is 11.4 Å². The highest BCUT2D eigenvalue weighted by Gasteiger charge is 2.18. The molecule has 8 heteroatoms. The van der Waals surface area contributed by atoms with E-state index in [-0.39, 0.29) is 24.1 Å². The number of para-hydroxylation sites is 1. The molecule has 0 bridgehead atoms. The maximum atomic E-state index is 12.6. The van der Waals surface area contributed by atoms with Crippen LogP contribution < -0.4 is 10.6 Å². The van der Waals surface area contributed by atoms with Crippen LogP contribution >= 0.6 is 15.9 Å². The summed E-state index contributed by atoms with van der Waals surface area (Å²) in [5.74, 6) is -0.600. The lowest BCUT2D eigenvalue weighted by Crippen LogP contribution is -2.21. The minimum absolute atomic E-state index is 0.0340. The van der Waals surface area contributed by atoms with Crippen molar-refractivity contribution in [2.24, 2.45) is 0 Å². The Kier molecular flexibility index (Phi) is 6.20. The van der Waals surface area contributed by atoms with Crippen molar-refractivity contribution in [3.05, 3.63) is 70.0 Å². The standard InChI is InChI=1S/C20H20BrN5O2/c1-3-14-6-4-5-7-17(14)23-20(28)19-13(2)26(25-24-19)12-18(27)22-16-10-8-15(21)9-11-16/h4-11H,3,12H2,1-2H3,(H,22,27)(H,23,28). The van der Waals surface area contributed by atoms with Crippen molar-refractivity contribution in [2.75, 3.05) is 10.6 Å². The van der Waals surface area contributed by atoms with Gasteiger partial charge in [0, 0.05) is 15.8 Å². The average Bonchev–Trinajstić information content (AvgIpc) is 3.04. The molecule has 0 saturated carbocycles. The molecule has 0 aliphatic carbocycles. The van der Waals surface area contributed by atoms with Gasteiger partial charge in [0.25, 0.3) is 5.91 Å². The third kappa shape index (κ3) is 4.64. The normalized spacial score (nSPS) is 10.5. The first-order chi connectivity index (χ1) is 13.5. The van der Waals surface area contributed by atoms with Crippen LogP contribution in [-0.4, -0.2) is 26.8 Å². The first-order valence-electron chi connectivity index (χ1n) is 8.82. The average molecular weight is 442 g/mol. The molecule has 0 fully saturated rings. The van der Waals surface area contributed by atoms with Crippen LogP contribution in [0.15, 0.2) is 53.0 Å². The Morgan fingerprint density at radius 2 is 1.79 bits per heavy atom. The van der Waals surface area contributed by atoms with Gasteiger partial charge in [-0.05, 0) is 49.2 Å². The zero-order valence-corrected chi connectivity index (χ0v) is 17.2. The van der Waals surface area contributed by atoms with Crippen molar-refractivity contribution >= 4 is 39.1 Å². The van der Waals surface area contributed by atoms with Crippen LogP contribution in [0, 0.1) is 6.92 Å². The summed E-state index contributed by atoms with van der Waals surface area (Å²) in [6.07, 6.45) is 0.804.